The van der Waals surface area contributed by atoms with Crippen molar-refractivity contribution in [1.29, 1.82) is 0 Å². The van der Waals surface area contributed by atoms with E-state index in [0.29, 0.717) is 44.4 Å². The average molecular weight is 477 g/mol. The van der Waals surface area contributed by atoms with E-state index in [9.17, 15) is 9.59 Å². The van der Waals surface area contributed by atoms with E-state index in [4.69, 9.17) is 4.74 Å². The number of ether oxygens (including phenoxy) is 1. The van der Waals surface area contributed by atoms with Crippen molar-refractivity contribution in [1.82, 2.24) is 14.7 Å². The second-order valence-electron chi connectivity index (χ2n) is 9.73. The molecule has 2 fully saturated rings. The lowest BCUT2D eigenvalue weighted by molar-refractivity contribution is 0.0570. The van der Waals surface area contributed by atoms with Crippen molar-refractivity contribution >= 4 is 17.7 Å². The Bertz CT molecular complexity index is 1020. The number of piperidine rings is 1. The van der Waals surface area contributed by atoms with Gasteiger partial charge in [-0.1, -0.05) is 24.3 Å². The third kappa shape index (κ3) is 5.30. The molecular formula is C28H36N4O3. The molecule has 0 N–H and O–H groups in total. The fraction of sp³-hybridized carbons (Fsp3) is 0.500. The van der Waals surface area contributed by atoms with E-state index >= 15 is 0 Å². The average Bonchev–Trinajstić information content (AvgIpc) is 2.93. The first kappa shape index (κ1) is 23.7. The molecule has 0 radical (unpaired) electrons. The van der Waals surface area contributed by atoms with Gasteiger partial charge in [-0.2, -0.15) is 0 Å². The fourth-order valence-corrected chi connectivity index (χ4v) is 5.62. The molecule has 3 aliphatic heterocycles. The summed E-state index contributed by atoms with van der Waals surface area (Å²) in [4.78, 5) is 33.5. The van der Waals surface area contributed by atoms with Crippen LogP contribution in [0.15, 0.2) is 48.5 Å². The van der Waals surface area contributed by atoms with Crippen LogP contribution in [0.3, 0.4) is 0 Å². The Labute approximate surface area is 208 Å². The van der Waals surface area contributed by atoms with Crippen LogP contribution in [-0.4, -0.2) is 85.2 Å². The van der Waals surface area contributed by atoms with Gasteiger partial charge in [0.15, 0.2) is 0 Å². The van der Waals surface area contributed by atoms with Crippen LogP contribution in [0.1, 0.15) is 41.3 Å². The Morgan fingerprint density at radius 2 is 1.49 bits per heavy atom. The van der Waals surface area contributed by atoms with Gasteiger partial charge in [-0.3, -0.25) is 9.69 Å². The minimum Gasteiger partial charge on any atom is -0.450 e. The van der Waals surface area contributed by atoms with Gasteiger partial charge in [-0.25, -0.2) is 4.79 Å². The van der Waals surface area contributed by atoms with Crippen molar-refractivity contribution < 1.29 is 14.3 Å². The number of piperazine rings is 1. The van der Waals surface area contributed by atoms with Crippen LogP contribution >= 0.6 is 0 Å². The van der Waals surface area contributed by atoms with Crippen LogP contribution in [0.2, 0.25) is 0 Å². The van der Waals surface area contributed by atoms with Crippen molar-refractivity contribution in [2.45, 2.75) is 38.8 Å². The van der Waals surface area contributed by atoms with Gasteiger partial charge in [0.2, 0.25) is 0 Å². The van der Waals surface area contributed by atoms with Gasteiger partial charge in [-0.15, -0.1) is 0 Å². The lowest BCUT2D eigenvalue weighted by atomic mass is 9.95. The maximum Gasteiger partial charge on any atom is 0.409 e. The third-order valence-corrected chi connectivity index (χ3v) is 7.71. The predicted molar refractivity (Wildman–Crippen MR) is 137 cm³/mol. The molecule has 2 aromatic carbocycles. The molecule has 5 rings (SSSR count). The second-order valence-corrected chi connectivity index (χ2v) is 9.73. The maximum absolute atomic E-state index is 13.0. The van der Waals surface area contributed by atoms with Crippen LogP contribution < -0.4 is 4.90 Å². The first-order chi connectivity index (χ1) is 17.1. The van der Waals surface area contributed by atoms with Crippen molar-refractivity contribution in [3.05, 3.63) is 65.2 Å². The minimum atomic E-state index is -0.294. The van der Waals surface area contributed by atoms with Gasteiger partial charge in [0.25, 0.3) is 5.91 Å². The molecule has 2 aromatic rings. The van der Waals surface area contributed by atoms with E-state index in [1.54, 1.807) is 11.8 Å². The van der Waals surface area contributed by atoms with Gasteiger partial charge in [-0.05, 0) is 61.6 Å². The largest absolute Gasteiger partial charge is 0.450 e. The Morgan fingerprint density at radius 1 is 0.829 bits per heavy atom. The second kappa shape index (κ2) is 10.7. The molecule has 3 aliphatic rings. The Morgan fingerprint density at radius 3 is 2.17 bits per heavy atom. The molecule has 2 amide bonds. The monoisotopic (exact) mass is 476 g/mol. The number of benzene rings is 2. The third-order valence-electron chi connectivity index (χ3n) is 7.71. The quantitative estimate of drug-likeness (QED) is 0.675. The molecule has 2 saturated heterocycles. The summed E-state index contributed by atoms with van der Waals surface area (Å²) < 4.78 is 5.06. The van der Waals surface area contributed by atoms with E-state index in [-0.39, 0.29) is 12.0 Å². The minimum absolute atomic E-state index is 0.0316. The first-order valence-electron chi connectivity index (χ1n) is 13.0. The van der Waals surface area contributed by atoms with Crippen molar-refractivity contribution in [2.75, 3.05) is 57.3 Å². The summed E-state index contributed by atoms with van der Waals surface area (Å²) in [5, 5.41) is 0. The van der Waals surface area contributed by atoms with Crippen molar-refractivity contribution in [3.8, 4) is 0 Å². The molecule has 0 spiro atoms. The van der Waals surface area contributed by atoms with Gasteiger partial charge in [0.05, 0.1) is 6.61 Å². The van der Waals surface area contributed by atoms with Gasteiger partial charge < -0.3 is 19.4 Å². The summed E-state index contributed by atoms with van der Waals surface area (Å²) in [7, 11) is 0. The lowest BCUT2D eigenvalue weighted by Gasteiger charge is -2.41. The van der Waals surface area contributed by atoms with E-state index in [1.165, 1.54) is 29.7 Å². The van der Waals surface area contributed by atoms with Crippen LogP contribution in [0.5, 0.6) is 0 Å². The van der Waals surface area contributed by atoms with E-state index in [0.717, 1.165) is 32.6 Å². The molecular weight excluding hydrogens is 440 g/mol. The van der Waals surface area contributed by atoms with Crippen LogP contribution in [0.4, 0.5) is 10.5 Å². The van der Waals surface area contributed by atoms with Crippen molar-refractivity contribution in [3.63, 3.8) is 0 Å². The highest BCUT2D eigenvalue weighted by atomic mass is 16.6. The Kier molecular flexibility index (Phi) is 7.23. The van der Waals surface area contributed by atoms with Crippen LogP contribution in [-0.2, 0) is 17.7 Å². The summed E-state index contributed by atoms with van der Waals surface area (Å²) >= 11 is 0. The number of anilines is 1. The number of rotatable bonds is 4. The summed E-state index contributed by atoms with van der Waals surface area (Å²) in [6.45, 7) is 8.60. The normalized spacial score (nSPS) is 19.4. The number of carbonyl (C=O) groups excluding carboxylic acids is 2. The summed E-state index contributed by atoms with van der Waals surface area (Å²) in [6.07, 6.45) is 3.21. The summed E-state index contributed by atoms with van der Waals surface area (Å²) in [6, 6.07) is 17.6. The standard InChI is InChI=1S/C28H36N4O3/c1-2-35-28(34)31-19-17-30(18-20-31)27(33)23-7-9-25(10-8-23)29-15-12-26(13-16-29)32-14-11-22-5-3-4-6-24(22)21-32/h3-10,26H,2,11-21H2,1H3. The molecule has 0 aromatic heterocycles. The number of fused-ring (bicyclic) bond motifs is 1. The molecule has 0 saturated carbocycles. The van der Waals surface area contributed by atoms with E-state index in [2.05, 4.69) is 46.2 Å². The number of hydrogen-bond acceptors (Lipinski definition) is 5. The topological polar surface area (TPSA) is 56.3 Å². The Balaban J connectivity index is 1.11. The molecule has 3 heterocycles. The number of carbonyl (C=O) groups is 2. The molecule has 0 unspecified atom stereocenters. The fourth-order valence-electron chi connectivity index (χ4n) is 5.62. The molecule has 0 aliphatic carbocycles. The number of amides is 2. The molecule has 35 heavy (non-hydrogen) atoms. The highest BCUT2D eigenvalue weighted by molar-refractivity contribution is 5.94. The zero-order valence-corrected chi connectivity index (χ0v) is 20.7. The van der Waals surface area contributed by atoms with Crippen LogP contribution in [0.25, 0.3) is 0 Å². The maximum atomic E-state index is 13.0. The van der Waals surface area contributed by atoms with Gasteiger partial charge in [0, 0.05) is 69.7 Å². The summed E-state index contributed by atoms with van der Waals surface area (Å²) in [5.41, 5.74) is 4.90. The summed E-state index contributed by atoms with van der Waals surface area (Å²) in [5.74, 6) is 0.0316. The lowest BCUT2D eigenvalue weighted by Crippen LogP contribution is -2.50. The Hall–Kier alpha value is -3.06. The number of nitrogens with zero attached hydrogens (tertiary/aromatic N) is 4. The molecule has 0 bridgehead atoms. The van der Waals surface area contributed by atoms with Crippen molar-refractivity contribution in [2.24, 2.45) is 0 Å². The highest BCUT2D eigenvalue weighted by Crippen LogP contribution is 2.27. The van der Waals surface area contributed by atoms with E-state index in [1.807, 2.05) is 17.0 Å². The predicted octanol–water partition coefficient (Wildman–Crippen LogP) is 3.63. The zero-order chi connectivity index (χ0) is 24.2. The van der Waals surface area contributed by atoms with E-state index < -0.39 is 0 Å². The first-order valence-corrected chi connectivity index (χ1v) is 13.0. The van der Waals surface area contributed by atoms with Crippen LogP contribution in [0, 0.1) is 0 Å². The number of hydrogen-bond donors (Lipinski definition) is 0. The smallest absolute Gasteiger partial charge is 0.409 e. The molecule has 186 valence electrons. The SMILES string of the molecule is CCOC(=O)N1CCN(C(=O)c2ccc(N3CCC(N4CCc5ccccc5C4)CC3)cc2)CC1. The molecule has 7 heteroatoms. The molecule has 7 nitrogen and oxygen atoms in total. The highest BCUT2D eigenvalue weighted by Gasteiger charge is 2.28. The van der Waals surface area contributed by atoms with Gasteiger partial charge >= 0.3 is 6.09 Å². The van der Waals surface area contributed by atoms with Gasteiger partial charge in [0.1, 0.15) is 0 Å². The zero-order valence-electron chi connectivity index (χ0n) is 20.7. The molecule has 0 atom stereocenters.